The van der Waals surface area contributed by atoms with Crippen LogP contribution in [0.25, 0.3) is 5.65 Å². The molecule has 0 aliphatic carbocycles. The van der Waals surface area contributed by atoms with E-state index >= 15 is 0 Å². The average molecular weight is 288 g/mol. The minimum atomic E-state index is 0.139. The summed E-state index contributed by atoms with van der Waals surface area (Å²) < 4.78 is 1.97. The van der Waals surface area contributed by atoms with Gasteiger partial charge in [-0.25, -0.2) is 9.97 Å². The zero-order valence-electron chi connectivity index (χ0n) is 12.4. The number of anilines is 2. The third-order valence-corrected chi connectivity index (χ3v) is 3.85. The van der Waals surface area contributed by atoms with Crippen LogP contribution in [-0.4, -0.2) is 58.4 Å². The maximum absolute atomic E-state index is 11.5. The summed E-state index contributed by atoms with van der Waals surface area (Å²) in [4.78, 5) is 24.7. The van der Waals surface area contributed by atoms with Crippen molar-refractivity contribution in [2.24, 2.45) is 0 Å². The first-order chi connectivity index (χ1) is 10.2. The fraction of sp³-hybridized carbons (Fsp3) is 0.500. The van der Waals surface area contributed by atoms with Gasteiger partial charge in [-0.05, 0) is 6.42 Å². The Morgan fingerprint density at radius 1 is 1.29 bits per heavy atom. The highest BCUT2D eigenvalue weighted by atomic mass is 16.2. The lowest BCUT2D eigenvalue weighted by Gasteiger charge is -2.23. The van der Waals surface area contributed by atoms with E-state index in [2.05, 4.69) is 20.2 Å². The summed E-state index contributed by atoms with van der Waals surface area (Å²) in [5.41, 5.74) is 0.852. The van der Waals surface area contributed by atoms with Gasteiger partial charge in [-0.3, -0.25) is 4.79 Å². The molecule has 0 aromatic carbocycles. The monoisotopic (exact) mass is 288 g/mol. The SMILES string of the molecule is CNc1cn2ccnc2c(N2CCCN(C(C)=O)CC2)n1. The van der Waals surface area contributed by atoms with Gasteiger partial charge in [-0.15, -0.1) is 0 Å². The largest absolute Gasteiger partial charge is 0.372 e. The molecule has 1 N–H and O–H groups in total. The highest BCUT2D eigenvalue weighted by molar-refractivity contribution is 5.73. The Kier molecular flexibility index (Phi) is 3.64. The molecule has 0 unspecified atom stereocenters. The number of imidazole rings is 1. The van der Waals surface area contributed by atoms with E-state index in [4.69, 9.17) is 0 Å². The molecule has 1 aliphatic heterocycles. The van der Waals surface area contributed by atoms with Gasteiger partial charge < -0.3 is 19.5 Å². The lowest BCUT2D eigenvalue weighted by atomic mass is 10.3. The summed E-state index contributed by atoms with van der Waals surface area (Å²) >= 11 is 0. The molecule has 1 saturated heterocycles. The zero-order valence-corrected chi connectivity index (χ0v) is 12.4. The molecule has 21 heavy (non-hydrogen) atoms. The number of carbonyl (C=O) groups is 1. The fourth-order valence-electron chi connectivity index (χ4n) is 2.69. The van der Waals surface area contributed by atoms with Crippen LogP contribution in [0.2, 0.25) is 0 Å². The van der Waals surface area contributed by atoms with Crippen molar-refractivity contribution in [3.05, 3.63) is 18.6 Å². The maximum atomic E-state index is 11.5. The van der Waals surface area contributed by atoms with E-state index in [0.29, 0.717) is 0 Å². The van der Waals surface area contributed by atoms with Crippen LogP contribution in [0.1, 0.15) is 13.3 Å². The molecule has 0 bridgehead atoms. The number of amides is 1. The van der Waals surface area contributed by atoms with Crippen molar-refractivity contribution in [1.82, 2.24) is 19.3 Å². The third kappa shape index (κ3) is 2.63. The summed E-state index contributed by atoms with van der Waals surface area (Å²) in [6.07, 6.45) is 6.56. The van der Waals surface area contributed by atoms with Crippen LogP contribution in [0.15, 0.2) is 18.6 Å². The van der Waals surface area contributed by atoms with Crippen LogP contribution in [0.5, 0.6) is 0 Å². The highest BCUT2D eigenvalue weighted by Crippen LogP contribution is 2.21. The second-order valence-electron chi connectivity index (χ2n) is 5.20. The molecule has 1 aliphatic rings. The standard InChI is InChI=1S/C14H20N6O/c1-11(21)18-5-3-6-19(9-8-18)14-13-16-4-7-20(13)10-12(15-2)17-14/h4,7,10,15H,3,5-6,8-9H2,1-2H3. The van der Waals surface area contributed by atoms with Crippen LogP contribution in [0, 0.1) is 0 Å². The first kappa shape index (κ1) is 13.7. The molecule has 0 saturated carbocycles. The Morgan fingerprint density at radius 2 is 2.14 bits per heavy atom. The van der Waals surface area contributed by atoms with Crippen molar-refractivity contribution in [2.45, 2.75) is 13.3 Å². The predicted octanol–water partition coefficient (Wildman–Crippen LogP) is 0.830. The smallest absolute Gasteiger partial charge is 0.219 e. The molecular weight excluding hydrogens is 268 g/mol. The molecular formula is C14H20N6O. The van der Waals surface area contributed by atoms with Crippen molar-refractivity contribution < 1.29 is 4.79 Å². The van der Waals surface area contributed by atoms with Crippen molar-refractivity contribution in [1.29, 1.82) is 0 Å². The number of rotatable bonds is 2. The average Bonchev–Trinajstić information content (AvgIpc) is 2.81. The van der Waals surface area contributed by atoms with Gasteiger partial charge in [-0.2, -0.15) is 0 Å². The first-order valence-corrected chi connectivity index (χ1v) is 7.21. The highest BCUT2D eigenvalue weighted by Gasteiger charge is 2.20. The minimum Gasteiger partial charge on any atom is -0.372 e. The van der Waals surface area contributed by atoms with Crippen LogP contribution < -0.4 is 10.2 Å². The molecule has 2 aromatic rings. The Balaban J connectivity index is 1.92. The molecule has 1 fully saturated rings. The number of hydrogen-bond acceptors (Lipinski definition) is 5. The molecule has 0 spiro atoms. The molecule has 112 valence electrons. The van der Waals surface area contributed by atoms with Crippen molar-refractivity contribution in [3.8, 4) is 0 Å². The third-order valence-electron chi connectivity index (χ3n) is 3.85. The normalized spacial score (nSPS) is 16.1. The molecule has 3 rings (SSSR count). The second kappa shape index (κ2) is 5.59. The maximum Gasteiger partial charge on any atom is 0.219 e. The topological polar surface area (TPSA) is 65.8 Å². The van der Waals surface area contributed by atoms with Crippen molar-refractivity contribution in [3.63, 3.8) is 0 Å². The summed E-state index contributed by atoms with van der Waals surface area (Å²) in [6, 6.07) is 0. The van der Waals surface area contributed by atoms with Crippen LogP contribution in [0.4, 0.5) is 11.6 Å². The van der Waals surface area contributed by atoms with E-state index < -0.39 is 0 Å². The van der Waals surface area contributed by atoms with E-state index in [1.54, 1.807) is 13.1 Å². The Bertz CT molecular complexity index is 652. The van der Waals surface area contributed by atoms with Crippen LogP contribution in [-0.2, 0) is 4.79 Å². The lowest BCUT2D eigenvalue weighted by molar-refractivity contribution is -0.128. The predicted molar refractivity (Wildman–Crippen MR) is 81.6 cm³/mol. The Morgan fingerprint density at radius 3 is 2.90 bits per heavy atom. The van der Waals surface area contributed by atoms with Gasteiger partial charge in [-0.1, -0.05) is 0 Å². The lowest BCUT2D eigenvalue weighted by Crippen LogP contribution is -2.34. The van der Waals surface area contributed by atoms with Gasteiger partial charge in [0.1, 0.15) is 5.82 Å². The number of aromatic nitrogens is 3. The van der Waals surface area contributed by atoms with Gasteiger partial charge in [0.15, 0.2) is 11.5 Å². The van der Waals surface area contributed by atoms with Crippen molar-refractivity contribution in [2.75, 3.05) is 43.4 Å². The van der Waals surface area contributed by atoms with Gasteiger partial charge >= 0.3 is 0 Å². The summed E-state index contributed by atoms with van der Waals surface area (Å²) in [7, 11) is 1.86. The van der Waals surface area contributed by atoms with E-state index in [9.17, 15) is 4.79 Å². The number of hydrogen-bond donors (Lipinski definition) is 1. The van der Waals surface area contributed by atoms with Crippen LogP contribution >= 0.6 is 0 Å². The molecule has 7 nitrogen and oxygen atoms in total. The summed E-state index contributed by atoms with van der Waals surface area (Å²) in [6.45, 7) is 4.83. The van der Waals surface area contributed by atoms with Gasteiger partial charge in [0.2, 0.25) is 5.91 Å². The number of nitrogens with zero attached hydrogens (tertiary/aromatic N) is 5. The Hall–Kier alpha value is -2.31. The van der Waals surface area contributed by atoms with Gasteiger partial charge in [0, 0.05) is 52.5 Å². The fourth-order valence-corrected chi connectivity index (χ4v) is 2.69. The van der Waals surface area contributed by atoms with E-state index in [1.807, 2.05) is 28.7 Å². The molecule has 3 heterocycles. The summed E-state index contributed by atoms with van der Waals surface area (Å²) in [5, 5.41) is 3.08. The minimum absolute atomic E-state index is 0.139. The summed E-state index contributed by atoms with van der Waals surface area (Å²) in [5.74, 6) is 1.82. The second-order valence-corrected chi connectivity index (χ2v) is 5.20. The van der Waals surface area contributed by atoms with E-state index in [-0.39, 0.29) is 5.91 Å². The zero-order chi connectivity index (χ0) is 14.8. The van der Waals surface area contributed by atoms with Crippen LogP contribution in [0.3, 0.4) is 0 Å². The van der Waals surface area contributed by atoms with Gasteiger partial charge in [0.05, 0.1) is 6.20 Å². The molecule has 2 aromatic heterocycles. The Labute approximate surface area is 123 Å². The van der Waals surface area contributed by atoms with E-state index in [0.717, 1.165) is 49.9 Å². The first-order valence-electron chi connectivity index (χ1n) is 7.21. The van der Waals surface area contributed by atoms with Crippen molar-refractivity contribution >= 4 is 23.2 Å². The molecule has 0 radical (unpaired) electrons. The number of fused-ring (bicyclic) bond motifs is 1. The molecule has 7 heteroatoms. The quantitative estimate of drug-likeness (QED) is 0.886. The number of nitrogens with one attached hydrogen (secondary N) is 1. The van der Waals surface area contributed by atoms with E-state index in [1.165, 1.54) is 0 Å². The molecule has 1 amide bonds. The number of carbonyl (C=O) groups excluding carboxylic acids is 1. The molecule has 0 atom stereocenters. The van der Waals surface area contributed by atoms with Gasteiger partial charge in [0.25, 0.3) is 0 Å².